The molecule has 3 saturated carbocycles. The Kier molecular flexibility index (Phi) is 3.09. The van der Waals surface area contributed by atoms with Crippen LogP contribution in [0.3, 0.4) is 0 Å². The van der Waals surface area contributed by atoms with Gasteiger partial charge in [-0.25, -0.2) is 0 Å². The van der Waals surface area contributed by atoms with Gasteiger partial charge in [-0.1, -0.05) is 32.9 Å². The third kappa shape index (κ3) is 1.81. The number of carbonyl (C=O) groups is 1. The van der Waals surface area contributed by atoms with E-state index in [9.17, 15) is 15.0 Å². The first-order chi connectivity index (χ1) is 10.7. The van der Waals surface area contributed by atoms with E-state index in [2.05, 4.69) is 32.9 Å². The first-order valence-electron chi connectivity index (χ1n) is 9.23. The summed E-state index contributed by atoms with van der Waals surface area (Å²) in [5.74, 6) is 0.542. The molecule has 2 bridgehead atoms. The van der Waals surface area contributed by atoms with Crippen molar-refractivity contribution in [3.05, 3.63) is 12.2 Å². The van der Waals surface area contributed by atoms with Crippen molar-refractivity contribution >= 4 is 5.78 Å². The summed E-state index contributed by atoms with van der Waals surface area (Å²) in [5.41, 5.74) is -0.395. The van der Waals surface area contributed by atoms with Gasteiger partial charge < -0.3 is 10.2 Å². The van der Waals surface area contributed by atoms with Gasteiger partial charge in [-0.3, -0.25) is 4.79 Å². The number of allylic oxidation sites excluding steroid dienone is 2. The quantitative estimate of drug-likeness (QED) is 0.731. The zero-order valence-corrected chi connectivity index (χ0v) is 14.6. The van der Waals surface area contributed by atoms with Crippen LogP contribution in [-0.4, -0.2) is 28.7 Å². The van der Waals surface area contributed by atoms with Crippen LogP contribution in [0, 0.1) is 33.5 Å². The van der Waals surface area contributed by atoms with Crippen LogP contribution in [-0.2, 0) is 4.79 Å². The van der Waals surface area contributed by atoms with Crippen LogP contribution in [0.15, 0.2) is 12.2 Å². The lowest BCUT2D eigenvalue weighted by atomic mass is 9.39. The fraction of sp³-hybridized carbons (Fsp3) is 0.850. The van der Waals surface area contributed by atoms with Gasteiger partial charge in [0.05, 0.1) is 0 Å². The Labute approximate surface area is 139 Å². The third-order valence-electron chi connectivity index (χ3n) is 8.29. The van der Waals surface area contributed by atoms with Crippen molar-refractivity contribution in [3.63, 3.8) is 0 Å². The number of carbonyl (C=O) groups excluding carboxylic acids is 1. The van der Waals surface area contributed by atoms with Gasteiger partial charge in [0.25, 0.3) is 0 Å². The van der Waals surface area contributed by atoms with E-state index in [1.807, 2.05) is 0 Å². The maximum Gasteiger partial charge on any atom is 0.167 e. The number of aliphatic hydroxyl groups excluding tert-OH is 2. The number of Topliss-reactive ketones (excluding diaryl/α,β-unsaturated/α-hetero) is 1. The molecule has 128 valence electrons. The van der Waals surface area contributed by atoms with Crippen LogP contribution in [0.1, 0.15) is 59.3 Å². The van der Waals surface area contributed by atoms with Crippen LogP contribution in [0.25, 0.3) is 0 Å². The van der Waals surface area contributed by atoms with E-state index in [1.165, 1.54) is 0 Å². The zero-order chi connectivity index (χ0) is 16.7. The second-order valence-electron chi connectivity index (χ2n) is 9.76. The van der Waals surface area contributed by atoms with Crippen molar-refractivity contribution in [2.24, 2.45) is 33.5 Å². The fourth-order valence-electron chi connectivity index (χ4n) is 7.23. The minimum absolute atomic E-state index is 0.0430. The average molecular weight is 318 g/mol. The molecule has 0 aliphatic heterocycles. The molecule has 3 heteroatoms. The largest absolute Gasteiger partial charge is 0.396 e. The molecular formula is C20H30O3. The Morgan fingerprint density at radius 1 is 1.13 bits per heavy atom. The van der Waals surface area contributed by atoms with E-state index in [-0.39, 0.29) is 29.1 Å². The molecule has 0 saturated heterocycles. The predicted octanol–water partition coefficient (Wildman–Crippen LogP) is 3.10. The molecule has 0 aromatic carbocycles. The zero-order valence-electron chi connectivity index (χ0n) is 14.6. The Bertz CT molecular complexity index is 583. The maximum atomic E-state index is 13.1. The Balaban J connectivity index is 1.82. The molecule has 3 nitrogen and oxygen atoms in total. The van der Waals surface area contributed by atoms with Gasteiger partial charge in [-0.15, -0.1) is 0 Å². The van der Waals surface area contributed by atoms with Crippen molar-refractivity contribution in [1.82, 2.24) is 0 Å². The monoisotopic (exact) mass is 318 g/mol. The lowest BCUT2D eigenvalue weighted by Gasteiger charge is -2.64. The molecule has 2 N–H and O–H groups in total. The predicted molar refractivity (Wildman–Crippen MR) is 88.7 cm³/mol. The SMILES string of the molecule is CC12C=CC3(CCC4C(C)(CO)CC(O)C(=O)C4(C)C3CC1)C2. The van der Waals surface area contributed by atoms with Gasteiger partial charge >= 0.3 is 0 Å². The molecule has 0 aromatic rings. The van der Waals surface area contributed by atoms with Crippen molar-refractivity contribution in [3.8, 4) is 0 Å². The molecule has 23 heavy (non-hydrogen) atoms. The van der Waals surface area contributed by atoms with Crippen molar-refractivity contribution < 1.29 is 15.0 Å². The molecule has 0 heterocycles. The van der Waals surface area contributed by atoms with Crippen LogP contribution < -0.4 is 0 Å². The van der Waals surface area contributed by atoms with E-state index in [1.54, 1.807) is 0 Å². The highest BCUT2D eigenvalue weighted by Gasteiger charge is 2.67. The van der Waals surface area contributed by atoms with Gasteiger partial charge in [-0.2, -0.15) is 0 Å². The summed E-state index contributed by atoms with van der Waals surface area (Å²) in [6.07, 6.45) is 9.78. The van der Waals surface area contributed by atoms with Crippen LogP contribution in [0.5, 0.6) is 0 Å². The van der Waals surface area contributed by atoms with Crippen LogP contribution in [0.2, 0.25) is 0 Å². The molecule has 7 unspecified atom stereocenters. The summed E-state index contributed by atoms with van der Waals surface area (Å²) in [4.78, 5) is 13.1. The first kappa shape index (κ1) is 15.8. The lowest BCUT2D eigenvalue weighted by Crippen LogP contribution is -2.64. The molecule has 1 spiro atoms. The highest BCUT2D eigenvalue weighted by Crippen LogP contribution is 2.70. The second-order valence-corrected chi connectivity index (χ2v) is 9.76. The van der Waals surface area contributed by atoms with E-state index >= 15 is 0 Å². The number of hydrogen-bond donors (Lipinski definition) is 2. The summed E-state index contributed by atoms with van der Waals surface area (Å²) in [6, 6.07) is 0. The highest BCUT2D eigenvalue weighted by atomic mass is 16.3. The van der Waals surface area contributed by atoms with E-state index in [4.69, 9.17) is 0 Å². The van der Waals surface area contributed by atoms with Crippen molar-refractivity contribution in [1.29, 1.82) is 0 Å². The molecule has 4 rings (SSSR count). The Morgan fingerprint density at radius 2 is 1.83 bits per heavy atom. The molecule has 4 aliphatic carbocycles. The maximum absolute atomic E-state index is 13.1. The number of ketones is 1. The highest BCUT2D eigenvalue weighted by molar-refractivity contribution is 5.90. The number of fused-ring (bicyclic) bond motifs is 3. The summed E-state index contributed by atoms with van der Waals surface area (Å²) in [7, 11) is 0. The van der Waals surface area contributed by atoms with Crippen molar-refractivity contribution in [2.75, 3.05) is 6.61 Å². The molecular weight excluding hydrogens is 288 g/mol. The van der Waals surface area contributed by atoms with E-state index in [0.717, 1.165) is 32.1 Å². The Hall–Kier alpha value is -0.670. The summed E-state index contributed by atoms with van der Waals surface area (Å²) < 4.78 is 0. The number of rotatable bonds is 1. The normalized spacial score (nSPS) is 58.0. The van der Waals surface area contributed by atoms with E-state index < -0.39 is 11.5 Å². The summed E-state index contributed by atoms with van der Waals surface area (Å²) in [5, 5.41) is 20.5. The van der Waals surface area contributed by atoms with Gasteiger partial charge in [0.1, 0.15) is 6.10 Å². The smallest absolute Gasteiger partial charge is 0.167 e. The van der Waals surface area contributed by atoms with Gasteiger partial charge in [-0.05, 0) is 66.6 Å². The first-order valence-corrected chi connectivity index (χ1v) is 9.23. The molecule has 0 amide bonds. The van der Waals surface area contributed by atoms with Crippen LogP contribution >= 0.6 is 0 Å². The number of aliphatic hydroxyl groups is 2. The van der Waals surface area contributed by atoms with Crippen molar-refractivity contribution in [2.45, 2.75) is 65.4 Å². The van der Waals surface area contributed by atoms with E-state index in [0.29, 0.717) is 17.8 Å². The lowest BCUT2D eigenvalue weighted by molar-refractivity contribution is -0.189. The molecule has 3 fully saturated rings. The molecule has 0 radical (unpaired) electrons. The topological polar surface area (TPSA) is 57.5 Å². The molecule has 0 aromatic heterocycles. The standard InChI is InChI=1S/C20H30O3/c1-17-6-4-15-19(3)14(5-7-20(15,11-17)9-8-17)18(2,12-21)10-13(22)16(19)23/h8-9,13-15,21-22H,4-7,10-12H2,1-3H3. The summed E-state index contributed by atoms with van der Waals surface area (Å²) >= 11 is 0. The average Bonchev–Trinajstić information content (AvgIpc) is 2.75. The minimum Gasteiger partial charge on any atom is -0.396 e. The molecule has 4 aliphatic rings. The van der Waals surface area contributed by atoms with Crippen LogP contribution in [0.4, 0.5) is 0 Å². The molecule has 7 atom stereocenters. The Morgan fingerprint density at radius 3 is 2.52 bits per heavy atom. The minimum atomic E-state index is -0.915. The van der Waals surface area contributed by atoms with Gasteiger partial charge in [0, 0.05) is 12.0 Å². The van der Waals surface area contributed by atoms with Gasteiger partial charge in [0.2, 0.25) is 0 Å². The second kappa shape index (κ2) is 4.49. The number of hydrogen-bond acceptors (Lipinski definition) is 3. The summed E-state index contributed by atoms with van der Waals surface area (Å²) in [6.45, 7) is 6.58. The third-order valence-corrected chi connectivity index (χ3v) is 8.29. The van der Waals surface area contributed by atoms with Gasteiger partial charge in [0.15, 0.2) is 5.78 Å². The fourth-order valence-corrected chi connectivity index (χ4v) is 7.23.